The van der Waals surface area contributed by atoms with E-state index in [0.29, 0.717) is 0 Å². The Morgan fingerprint density at radius 2 is 1.63 bits per heavy atom. The molecule has 6 heteroatoms. The molecule has 0 unspecified atom stereocenters. The first-order valence-corrected chi connectivity index (χ1v) is 14.5. The molecular formula is C35H38IrN3O2-. The number of nitrogens with zero attached hydrogens (tertiary/aromatic N) is 3. The van der Waals surface area contributed by atoms with E-state index in [1.807, 2.05) is 27.7 Å². The molecule has 5 nitrogen and oxygen atoms in total. The molecule has 1 N–H and O–H groups in total. The Labute approximate surface area is 255 Å². The molecule has 0 amide bonds. The number of hydrogen-bond acceptors (Lipinski definition) is 4. The molecule has 0 atom stereocenters. The van der Waals surface area contributed by atoms with Crippen LogP contribution in [0.2, 0.25) is 0 Å². The Bertz CT molecular complexity index is 1860. The van der Waals surface area contributed by atoms with Crippen molar-refractivity contribution < 1.29 is 30.0 Å². The minimum Gasteiger partial charge on any atom is -0.512 e. The predicted molar refractivity (Wildman–Crippen MR) is 167 cm³/mol. The summed E-state index contributed by atoms with van der Waals surface area (Å²) >= 11 is 0. The maximum atomic E-state index is 11.7. The summed E-state index contributed by atoms with van der Waals surface area (Å²) in [6.07, 6.45) is 6.57. The molecule has 6 rings (SSSR count). The van der Waals surface area contributed by atoms with Gasteiger partial charge in [-0.2, -0.15) is 0 Å². The van der Waals surface area contributed by atoms with E-state index in [-0.39, 0.29) is 43.5 Å². The fourth-order valence-corrected chi connectivity index (χ4v) is 6.05. The molecular weight excluding hydrogens is 687 g/mol. The summed E-state index contributed by atoms with van der Waals surface area (Å²) in [5.74, 6) is 0.547. The van der Waals surface area contributed by atoms with Gasteiger partial charge in [0, 0.05) is 72.6 Å². The summed E-state index contributed by atoms with van der Waals surface area (Å²) in [5.41, 5.74) is 4.49. The smallest absolute Gasteiger partial charge is 0.162 e. The van der Waals surface area contributed by atoms with Crippen LogP contribution < -0.4 is 0 Å². The zero-order valence-electron chi connectivity index (χ0n) is 24.7. The van der Waals surface area contributed by atoms with Crippen LogP contribution in [0.4, 0.5) is 0 Å². The second-order valence-corrected chi connectivity index (χ2v) is 10.7. The number of hydrogen-bond donors (Lipinski definition) is 1. The van der Waals surface area contributed by atoms with Crippen LogP contribution in [-0.4, -0.2) is 25.4 Å². The van der Waals surface area contributed by atoms with E-state index in [1.54, 1.807) is 6.33 Å². The summed E-state index contributed by atoms with van der Waals surface area (Å²) in [6, 6.07) is 18.6. The summed E-state index contributed by atoms with van der Waals surface area (Å²) in [7, 11) is 2.13. The largest absolute Gasteiger partial charge is 0.512 e. The molecule has 0 aliphatic rings. The number of ketones is 1. The van der Waals surface area contributed by atoms with Gasteiger partial charge in [0.1, 0.15) is 6.33 Å². The Hall–Kier alpha value is -3.34. The van der Waals surface area contributed by atoms with Gasteiger partial charge in [-0.05, 0) is 50.1 Å². The van der Waals surface area contributed by atoms with Crippen molar-refractivity contribution in [3.8, 4) is 0 Å². The van der Waals surface area contributed by atoms with Gasteiger partial charge in [0.2, 0.25) is 0 Å². The quantitative estimate of drug-likeness (QED) is 0.0587. The average molecular weight is 725 g/mol. The molecule has 0 saturated heterocycles. The second-order valence-electron chi connectivity index (χ2n) is 10.7. The average Bonchev–Trinajstić information content (AvgIpc) is 3.23. The van der Waals surface area contributed by atoms with E-state index in [0.717, 1.165) is 52.9 Å². The van der Waals surface area contributed by atoms with E-state index in [1.165, 1.54) is 38.8 Å². The van der Waals surface area contributed by atoms with E-state index < -0.39 is 0 Å². The van der Waals surface area contributed by atoms with Crippen molar-refractivity contribution in [2.45, 2.75) is 60.3 Å². The van der Waals surface area contributed by atoms with Gasteiger partial charge in [-0.15, -0.1) is 23.6 Å². The van der Waals surface area contributed by atoms with E-state index in [9.17, 15) is 9.90 Å². The normalized spacial score (nSPS) is 12.1. The van der Waals surface area contributed by atoms with Crippen molar-refractivity contribution in [1.82, 2.24) is 14.5 Å². The molecule has 4 aromatic carbocycles. The first-order valence-electron chi connectivity index (χ1n) is 14.5. The fraction of sp³-hybridized carbons (Fsp3) is 0.343. The third-order valence-electron chi connectivity index (χ3n) is 8.64. The zero-order chi connectivity index (χ0) is 28.6. The van der Waals surface area contributed by atoms with Crippen LogP contribution in [0.15, 0.2) is 60.6 Å². The minimum atomic E-state index is 0. The molecule has 1 radical (unpaired) electrons. The molecule has 0 spiro atoms. The number of aliphatic hydroxyl groups is 1. The fourth-order valence-electron chi connectivity index (χ4n) is 6.05. The predicted octanol–water partition coefficient (Wildman–Crippen LogP) is 8.99. The van der Waals surface area contributed by atoms with Crippen LogP contribution in [0.1, 0.15) is 59.1 Å². The van der Waals surface area contributed by atoms with Crippen LogP contribution in [-0.2, 0) is 31.9 Å². The van der Waals surface area contributed by atoms with E-state index in [4.69, 9.17) is 0 Å². The zero-order valence-corrected chi connectivity index (χ0v) is 27.1. The first-order chi connectivity index (χ1) is 19.3. The van der Waals surface area contributed by atoms with Gasteiger partial charge >= 0.3 is 0 Å². The van der Waals surface area contributed by atoms with Gasteiger partial charge in [0.25, 0.3) is 0 Å². The molecule has 6 aromatic rings. The third-order valence-corrected chi connectivity index (χ3v) is 8.64. The first kappa shape index (κ1) is 30.6. The summed E-state index contributed by atoms with van der Waals surface area (Å²) in [5, 5.41) is 18.1. The minimum absolute atomic E-state index is 0. The Morgan fingerprint density at radius 3 is 2.32 bits per heavy atom. The number of aromatic nitrogens is 3. The van der Waals surface area contributed by atoms with Crippen LogP contribution in [0.3, 0.4) is 0 Å². The standard InChI is InChI=1S/C22H14N3.C13H24O2.Ir/c1-12-19-15-9-13-5-3-4-6-14(13)10-16(15)22-20-17(23-11-24-22)7-8-18(21(19)20)25(12)2;1-5-10(6-2)12(14)9-13(15)11(7-3)8-4;/h3-9,11H,1-2H3;9-11,14H,5-8H2,1-4H3;/q-1;;/b;12-9-;. The molecule has 0 aliphatic heterocycles. The third kappa shape index (κ3) is 5.36. The van der Waals surface area contributed by atoms with Gasteiger partial charge in [-0.25, -0.2) is 4.98 Å². The van der Waals surface area contributed by atoms with E-state index >= 15 is 0 Å². The SMILES string of the molecule is CCC(CC)C(=O)/C=C(\O)C(CC)CC.Cc1c2c3cc4ccccc4[c-]c3c3ncnc4ccc(c2c43)n1C.[Ir]. The van der Waals surface area contributed by atoms with Crippen LogP contribution in [0, 0.1) is 24.8 Å². The number of aryl methyl sites for hydroxylation is 2. The van der Waals surface area contributed by atoms with Crippen LogP contribution in [0.25, 0.3) is 54.3 Å². The Morgan fingerprint density at radius 1 is 0.951 bits per heavy atom. The molecule has 0 saturated carbocycles. The Balaban J connectivity index is 0.000000212. The number of carbonyl (C=O) groups excluding carboxylic acids is 1. The van der Waals surface area contributed by atoms with Crippen molar-refractivity contribution in [1.29, 1.82) is 0 Å². The molecule has 0 fully saturated rings. The van der Waals surface area contributed by atoms with Crippen LogP contribution in [0.5, 0.6) is 0 Å². The summed E-state index contributed by atoms with van der Waals surface area (Å²) < 4.78 is 2.27. The summed E-state index contributed by atoms with van der Waals surface area (Å²) in [4.78, 5) is 20.9. The number of benzene rings is 4. The second kappa shape index (κ2) is 12.7. The Kier molecular flexibility index (Phi) is 9.46. The van der Waals surface area contributed by atoms with Crippen LogP contribution >= 0.6 is 0 Å². The van der Waals surface area contributed by atoms with Gasteiger partial charge < -0.3 is 9.67 Å². The number of fused-ring (bicyclic) bond motifs is 4. The van der Waals surface area contributed by atoms with E-state index in [2.05, 4.69) is 77.0 Å². The van der Waals surface area contributed by atoms with Gasteiger partial charge in [-0.3, -0.25) is 9.78 Å². The topological polar surface area (TPSA) is 68.0 Å². The summed E-state index contributed by atoms with van der Waals surface area (Å²) in [6.45, 7) is 10.3. The molecule has 0 bridgehead atoms. The van der Waals surface area contributed by atoms with Crippen molar-refractivity contribution >= 4 is 60.0 Å². The van der Waals surface area contributed by atoms with Crippen molar-refractivity contribution in [2.75, 3.05) is 0 Å². The number of rotatable bonds is 7. The number of carbonyl (C=O) groups is 1. The number of aliphatic hydroxyl groups excluding tert-OH is 1. The van der Waals surface area contributed by atoms with Gasteiger partial charge in [0.05, 0.1) is 11.3 Å². The molecule has 2 aromatic heterocycles. The maximum Gasteiger partial charge on any atom is 0.162 e. The molecule has 215 valence electrons. The molecule has 2 heterocycles. The molecule has 0 aliphatic carbocycles. The van der Waals surface area contributed by atoms with Gasteiger partial charge in [0.15, 0.2) is 5.78 Å². The monoisotopic (exact) mass is 725 g/mol. The number of allylic oxidation sites excluding steroid dienone is 2. The van der Waals surface area contributed by atoms with Gasteiger partial charge in [-0.1, -0.05) is 62.1 Å². The maximum absolute atomic E-state index is 11.7. The molecule has 41 heavy (non-hydrogen) atoms. The van der Waals surface area contributed by atoms with Crippen molar-refractivity contribution in [2.24, 2.45) is 18.9 Å². The van der Waals surface area contributed by atoms with Crippen molar-refractivity contribution in [3.05, 3.63) is 72.4 Å². The van der Waals surface area contributed by atoms with Crippen molar-refractivity contribution in [3.63, 3.8) is 0 Å².